The van der Waals surface area contributed by atoms with Crippen molar-refractivity contribution < 1.29 is 9.53 Å². The maximum atomic E-state index is 11.3. The highest BCUT2D eigenvalue weighted by Crippen LogP contribution is 2.23. The molecule has 0 fully saturated rings. The zero-order valence-electron chi connectivity index (χ0n) is 9.28. The Balaban J connectivity index is 2.95. The first-order chi connectivity index (χ1) is 7.07. The molecule has 1 aromatic rings. The van der Waals surface area contributed by atoms with Gasteiger partial charge in [-0.2, -0.15) is 0 Å². The Bertz CT molecular complexity index is 385. The Kier molecular flexibility index (Phi) is 3.61. The smallest absolute Gasteiger partial charge is 0.333 e. The van der Waals surface area contributed by atoms with E-state index < -0.39 is 0 Å². The minimum atomic E-state index is -0.382. The maximum Gasteiger partial charge on any atom is 0.333 e. The van der Waals surface area contributed by atoms with Crippen LogP contribution in [0.1, 0.15) is 24.1 Å². The minimum Gasteiger partial charge on any atom is -0.466 e. The Morgan fingerprint density at radius 2 is 2.27 bits per heavy atom. The molecule has 0 radical (unpaired) electrons. The SMILES string of the molecule is C=C(C(=O)OC)C(C)c1ncccc1C. The van der Waals surface area contributed by atoms with Crippen LogP contribution in [0.25, 0.3) is 0 Å². The fourth-order valence-electron chi connectivity index (χ4n) is 1.42. The molecule has 0 saturated carbocycles. The molecule has 3 heteroatoms. The number of methoxy groups -OCH3 is 1. The van der Waals surface area contributed by atoms with Gasteiger partial charge >= 0.3 is 5.97 Å². The van der Waals surface area contributed by atoms with Crippen LogP contribution < -0.4 is 0 Å². The van der Waals surface area contributed by atoms with Crippen molar-refractivity contribution in [3.63, 3.8) is 0 Å². The third kappa shape index (κ3) is 2.43. The Morgan fingerprint density at radius 1 is 1.60 bits per heavy atom. The molecule has 0 saturated heterocycles. The summed E-state index contributed by atoms with van der Waals surface area (Å²) in [6.45, 7) is 7.59. The van der Waals surface area contributed by atoms with E-state index in [0.29, 0.717) is 5.57 Å². The van der Waals surface area contributed by atoms with Crippen LogP contribution in [0.3, 0.4) is 0 Å². The number of hydrogen-bond donors (Lipinski definition) is 0. The highest BCUT2D eigenvalue weighted by atomic mass is 16.5. The average molecular weight is 205 g/mol. The second-order valence-electron chi connectivity index (χ2n) is 3.44. The van der Waals surface area contributed by atoms with Crippen LogP contribution in [0.5, 0.6) is 0 Å². The van der Waals surface area contributed by atoms with Gasteiger partial charge in [0.25, 0.3) is 0 Å². The number of rotatable bonds is 3. The Labute approximate surface area is 89.8 Å². The first-order valence-electron chi connectivity index (χ1n) is 4.76. The van der Waals surface area contributed by atoms with Crippen molar-refractivity contribution in [3.8, 4) is 0 Å². The summed E-state index contributed by atoms with van der Waals surface area (Å²) in [6.07, 6.45) is 1.71. The number of aryl methyl sites for hydroxylation is 1. The van der Waals surface area contributed by atoms with Gasteiger partial charge in [-0.3, -0.25) is 4.98 Å². The van der Waals surface area contributed by atoms with E-state index in [1.54, 1.807) is 6.20 Å². The van der Waals surface area contributed by atoms with Gasteiger partial charge in [0, 0.05) is 17.7 Å². The lowest BCUT2D eigenvalue weighted by molar-refractivity contribution is -0.136. The lowest BCUT2D eigenvalue weighted by atomic mass is 9.95. The van der Waals surface area contributed by atoms with Gasteiger partial charge < -0.3 is 4.74 Å². The highest BCUT2D eigenvalue weighted by molar-refractivity contribution is 5.89. The van der Waals surface area contributed by atoms with Crippen LogP contribution >= 0.6 is 0 Å². The van der Waals surface area contributed by atoms with Gasteiger partial charge in [-0.25, -0.2) is 4.79 Å². The van der Waals surface area contributed by atoms with E-state index in [4.69, 9.17) is 0 Å². The molecular formula is C12H15NO2. The third-order valence-electron chi connectivity index (χ3n) is 2.43. The summed E-state index contributed by atoms with van der Waals surface area (Å²) in [6, 6.07) is 3.83. The zero-order valence-corrected chi connectivity index (χ0v) is 9.28. The number of aromatic nitrogens is 1. The Morgan fingerprint density at radius 3 is 2.80 bits per heavy atom. The molecule has 0 spiro atoms. The first kappa shape index (κ1) is 11.4. The number of ether oxygens (including phenoxy) is 1. The van der Waals surface area contributed by atoms with E-state index >= 15 is 0 Å². The normalized spacial score (nSPS) is 11.9. The lowest BCUT2D eigenvalue weighted by Crippen LogP contribution is -2.12. The fourth-order valence-corrected chi connectivity index (χ4v) is 1.42. The van der Waals surface area contributed by atoms with Crippen molar-refractivity contribution in [3.05, 3.63) is 41.7 Å². The molecule has 80 valence electrons. The lowest BCUT2D eigenvalue weighted by Gasteiger charge is -2.14. The van der Waals surface area contributed by atoms with Gasteiger partial charge in [0.15, 0.2) is 0 Å². The molecule has 0 N–H and O–H groups in total. The molecule has 1 unspecified atom stereocenters. The topological polar surface area (TPSA) is 39.2 Å². The van der Waals surface area contributed by atoms with E-state index in [-0.39, 0.29) is 11.9 Å². The molecule has 0 bridgehead atoms. The van der Waals surface area contributed by atoms with Gasteiger partial charge in [0.05, 0.1) is 12.8 Å². The van der Waals surface area contributed by atoms with Crippen LogP contribution in [0.4, 0.5) is 0 Å². The number of carbonyl (C=O) groups is 1. The standard InChI is InChI=1S/C12H15NO2/c1-8-6-5-7-13-11(8)9(2)10(3)12(14)15-4/h5-7,9H,3H2,1-2,4H3. The molecule has 1 rings (SSSR count). The van der Waals surface area contributed by atoms with Crippen molar-refractivity contribution >= 4 is 5.97 Å². The van der Waals surface area contributed by atoms with Gasteiger partial charge in [-0.15, -0.1) is 0 Å². The molecule has 0 aromatic carbocycles. The molecule has 1 heterocycles. The van der Waals surface area contributed by atoms with Gasteiger partial charge in [0.1, 0.15) is 0 Å². The summed E-state index contributed by atoms with van der Waals surface area (Å²) in [5.74, 6) is -0.494. The quantitative estimate of drug-likeness (QED) is 0.561. The molecule has 0 aliphatic rings. The second kappa shape index (κ2) is 4.73. The van der Waals surface area contributed by atoms with Gasteiger partial charge in [-0.1, -0.05) is 19.6 Å². The summed E-state index contributed by atoms with van der Waals surface area (Å²) in [4.78, 5) is 15.5. The molecule has 3 nitrogen and oxygen atoms in total. The van der Waals surface area contributed by atoms with E-state index in [1.807, 2.05) is 26.0 Å². The van der Waals surface area contributed by atoms with Crippen molar-refractivity contribution in [1.29, 1.82) is 0 Å². The summed E-state index contributed by atoms with van der Waals surface area (Å²) in [5, 5.41) is 0. The number of nitrogens with zero attached hydrogens (tertiary/aromatic N) is 1. The first-order valence-corrected chi connectivity index (χ1v) is 4.76. The number of carbonyl (C=O) groups excluding carboxylic acids is 1. The largest absolute Gasteiger partial charge is 0.466 e. The Hall–Kier alpha value is -1.64. The highest BCUT2D eigenvalue weighted by Gasteiger charge is 2.19. The molecule has 1 aromatic heterocycles. The third-order valence-corrected chi connectivity index (χ3v) is 2.43. The van der Waals surface area contributed by atoms with Crippen molar-refractivity contribution in [2.24, 2.45) is 0 Å². The summed E-state index contributed by atoms with van der Waals surface area (Å²) >= 11 is 0. The number of esters is 1. The van der Waals surface area contributed by atoms with Gasteiger partial charge in [0.2, 0.25) is 0 Å². The fraction of sp³-hybridized carbons (Fsp3) is 0.333. The molecule has 0 aliphatic heterocycles. The average Bonchev–Trinajstić information content (AvgIpc) is 2.26. The van der Waals surface area contributed by atoms with Crippen molar-refractivity contribution in [2.75, 3.05) is 7.11 Å². The van der Waals surface area contributed by atoms with Crippen LogP contribution in [0.2, 0.25) is 0 Å². The van der Waals surface area contributed by atoms with Crippen molar-refractivity contribution in [2.45, 2.75) is 19.8 Å². The zero-order chi connectivity index (χ0) is 11.4. The van der Waals surface area contributed by atoms with Crippen molar-refractivity contribution in [1.82, 2.24) is 4.98 Å². The van der Waals surface area contributed by atoms with E-state index in [0.717, 1.165) is 11.3 Å². The summed E-state index contributed by atoms with van der Waals surface area (Å²) < 4.78 is 4.63. The van der Waals surface area contributed by atoms with E-state index in [1.165, 1.54) is 7.11 Å². The monoisotopic (exact) mass is 205 g/mol. The van der Waals surface area contributed by atoms with Crippen LogP contribution in [0.15, 0.2) is 30.5 Å². The molecule has 0 aliphatic carbocycles. The second-order valence-corrected chi connectivity index (χ2v) is 3.44. The predicted octanol–water partition coefficient (Wildman–Crippen LogP) is 2.22. The minimum absolute atomic E-state index is 0.112. The maximum absolute atomic E-state index is 11.3. The number of hydrogen-bond acceptors (Lipinski definition) is 3. The molecule has 15 heavy (non-hydrogen) atoms. The molecule has 0 amide bonds. The van der Waals surface area contributed by atoms with E-state index in [9.17, 15) is 4.79 Å². The van der Waals surface area contributed by atoms with Crippen LogP contribution in [-0.4, -0.2) is 18.1 Å². The number of pyridine rings is 1. The van der Waals surface area contributed by atoms with Gasteiger partial charge in [-0.05, 0) is 18.6 Å². The predicted molar refractivity (Wildman–Crippen MR) is 58.5 cm³/mol. The molecule has 1 atom stereocenters. The van der Waals surface area contributed by atoms with E-state index in [2.05, 4.69) is 16.3 Å². The van der Waals surface area contributed by atoms with Crippen LogP contribution in [0, 0.1) is 6.92 Å². The summed E-state index contributed by atoms with van der Waals surface area (Å²) in [7, 11) is 1.35. The van der Waals surface area contributed by atoms with Crippen LogP contribution in [-0.2, 0) is 9.53 Å². The molecular weight excluding hydrogens is 190 g/mol. The summed E-state index contributed by atoms with van der Waals surface area (Å²) in [5.41, 5.74) is 2.35.